The van der Waals surface area contributed by atoms with Crippen LogP contribution in [0, 0.1) is 0 Å². The highest BCUT2D eigenvalue weighted by Gasteiger charge is 2.11. The third-order valence-electron chi connectivity index (χ3n) is 2.89. The van der Waals surface area contributed by atoms with Gasteiger partial charge in [0.05, 0.1) is 13.2 Å². The van der Waals surface area contributed by atoms with Crippen molar-refractivity contribution in [2.24, 2.45) is 0 Å². The molecule has 0 radical (unpaired) electrons. The number of anilines is 1. The first-order chi connectivity index (χ1) is 8.75. The molecule has 0 bridgehead atoms. The molecule has 0 aliphatic carbocycles. The number of carbonyl (C=O) groups excluding carboxylic acids is 1. The van der Waals surface area contributed by atoms with Crippen molar-refractivity contribution in [1.82, 2.24) is 10.2 Å². The first-order valence-electron chi connectivity index (χ1n) is 6.19. The maximum Gasteiger partial charge on any atom is 0.287 e. The van der Waals surface area contributed by atoms with Gasteiger partial charge in [-0.1, -0.05) is 0 Å². The summed E-state index contributed by atoms with van der Waals surface area (Å²) in [4.78, 5) is 13.9. The van der Waals surface area contributed by atoms with Gasteiger partial charge in [-0.25, -0.2) is 0 Å². The van der Waals surface area contributed by atoms with E-state index in [1.165, 1.54) is 0 Å². The molecule has 0 atom stereocenters. The van der Waals surface area contributed by atoms with Crippen LogP contribution in [0.2, 0.25) is 0 Å². The number of ether oxygens (including phenoxy) is 1. The minimum Gasteiger partial charge on any atom is -0.436 e. The van der Waals surface area contributed by atoms with E-state index in [9.17, 15) is 4.79 Å². The van der Waals surface area contributed by atoms with Crippen LogP contribution in [0.3, 0.4) is 0 Å². The highest BCUT2D eigenvalue weighted by molar-refractivity contribution is 5.91. The molecule has 1 aromatic rings. The normalized spacial score (nSPS) is 16.7. The van der Waals surface area contributed by atoms with Crippen molar-refractivity contribution in [2.75, 3.05) is 45.1 Å². The topological polar surface area (TPSA) is 80.7 Å². The van der Waals surface area contributed by atoms with E-state index >= 15 is 0 Å². The summed E-state index contributed by atoms with van der Waals surface area (Å²) >= 11 is 0. The fourth-order valence-corrected chi connectivity index (χ4v) is 1.89. The standard InChI is InChI=1S/C12H19N3O3/c13-11-3-2-10(18-11)12(16)14-4-1-5-15-6-8-17-9-7-15/h2-3H,1,4-9,13H2,(H,14,16). The molecular formula is C12H19N3O3. The molecule has 6 nitrogen and oxygen atoms in total. The van der Waals surface area contributed by atoms with Crippen LogP contribution >= 0.6 is 0 Å². The van der Waals surface area contributed by atoms with Crippen molar-refractivity contribution < 1.29 is 13.9 Å². The second-order valence-corrected chi connectivity index (χ2v) is 4.27. The molecule has 1 aliphatic rings. The molecule has 1 fully saturated rings. The number of furan rings is 1. The molecule has 1 aliphatic heterocycles. The average Bonchev–Trinajstić information content (AvgIpc) is 2.82. The third-order valence-corrected chi connectivity index (χ3v) is 2.89. The van der Waals surface area contributed by atoms with Crippen molar-refractivity contribution in [3.05, 3.63) is 17.9 Å². The number of rotatable bonds is 5. The fourth-order valence-electron chi connectivity index (χ4n) is 1.89. The van der Waals surface area contributed by atoms with Gasteiger partial charge in [0.15, 0.2) is 11.6 Å². The quantitative estimate of drug-likeness (QED) is 0.738. The van der Waals surface area contributed by atoms with Gasteiger partial charge in [0.25, 0.3) is 5.91 Å². The summed E-state index contributed by atoms with van der Waals surface area (Å²) in [5.74, 6) is 0.306. The Kier molecular flexibility index (Phi) is 4.60. The van der Waals surface area contributed by atoms with Gasteiger partial charge in [-0.15, -0.1) is 0 Å². The molecule has 0 unspecified atom stereocenters. The lowest BCUT2D eigenvalue weighted by atomic mass is 10.3. The van der Waals surface area contributed by atoms with Gasteiger partial charge in [0, 0.05) is 25.7 Å². The van der Waals surface area contributed by atoms with E-state index in [4.69, 9.17) is 14.9 Å². The number of amides is 1. The molecule has 6 heteroatoms. The summed E-state index contributed by atoms with van der Waals surface area (Å²) in [7, 11) is 0. The van der Waals surface area contributed by atoms with Crippen molar-refractivity contribution in [2.45, 2.75) is 6.42 Å². The Morgan fingerprint density at radius 3 is 2.83 bits per heavy atom. The lowest BCUT2D eigenvalue weighted by Crippen LogP contribution is -2.38. The Hall–Kier alpha value is -1.53. The lowest BCUT2D eigenvalue weighted by molar-refractivity contribution is 0.0374. The number of hydrogen-bond donors (Lipinski definition) is 2. The SMILES string of the molecule is Nc1ccc(C(=O)NCCCN2CCOCC2)o1. The summed E-state index contributed by atoms with van der Waals surface area (Å²) in [6, 6.07) is 3.15. The van der Waals surface area contributed by atoms with Crippen molar-refractivity contribution in [1.29, 1.82) is 0 Å². The summed E-state index contributed by atoms with van der Waals surface area (Å²) in [6.07, 6.45) is 0.919. The maximum atomic E-state index is 11.6. The predicted molar refractivity (Wildman–Crippen MR) is 67.3 cm³/mol. The molecular weight excluding hydrogens is 234 g/mol. The summed E-state index contributed by atoms with van der Waals surface area (Å²) < 4.78 is 10.3. The number of carbonyl (C=O) groups is 1. The minimum absolute atomic E-state index is 0.214. The summed E-state index contributed by atoms with van der Waals surface area (Å²) in [6.45, 7) is 5.17. The first-order valence-corrected chi connectivity index (χ1v) is 6.19. The van der Waals surface area contributed by atoms with Gasteiger partial charge in [-0.2, -0.15) is 0 Å². The van der Waals surface area contributed by atoms with E-state index in [0.29, 0.717) is 6.54 Å². The van der Waals surface area contributed by atoms with Crippen LogP contribution in [0.25, 0.3) is 0 Å². The van der Waals surface area contributed by atoms with Crippen LogP contribution in [0.4, 0.5) is 5.88 Å². The fraction of sp³-hybridized carbons (Fsp3) is 0.583. The van der Waals surface area contributed by atoms with Crippen molar-refractivity contribution in [3.8, 4) is 0 Å². The maximum absolute atomic E-state index is 11.6. The van der Waals surface area contributed by atoms with Gasteiger partial charge in [-0.3, -0.25) is 9.69 Å². The molecule has 0 saturated carbocycles. The van der Waals surface area contributed by atoms with Crippen LogP contribution < -0.4 is 11.1 Å². The molecule has 1 aromatic heterocycles. The highest BCUT2D eigenvalue weighted by Crippen LogP contribution is 2.08. The van der Waals surface area contributed by atoms with Crippen LogP contribution in [-0.4, -0.2) is 50.2 Å². The molecule has 1 saturated heterocycles. The van der Waals surface area contributed by atoms with E-state index in [-0.39, 0.29) is 17.6 Å². The van der Waals surface area contributed by atoms with E-state index in [2.05, 4.69) is 10.2 Å². The zero-order valence-corrected chi connectivity index (χ0v) is 10.4. The van der Waals surface area contributed by atoms with Crippen LogP contribution in [0.5, 0.6) is 0 Å². The van der Waals surface area contributed by atoms with E-state index in [0.717, 1.165) is 39.3 Å². The summed E-state index contributed by atoms with van der Waals surface area (Å²) in [5.41, 5.74) is 5.40. The number of nitrogens with one attached hydrogen (secondary N) is 1. The van der Waals surface area contributed by atoms with Crippen LogP contribution in [0.15, 0.2) is 16.5 Å². The van der Waals surface area contributed by atoms with Crippen molar-refractivity contribution in [3.63, 3.8) is 0 Å². The van der Waals surface area contributed by atoms with Gasteiger partial charge in [0.1, 0.15) is 0 Å². The second kappa shape index (κ2) is 6.42. The minimum atomic E-state index is -0.214. The Bertz CT molecular complexity index is 386. The summed E-state index contributed by atoms with van der Waals surface area (Å²) in [5, 5.41) is 2.81. The molecule has 2 heterocycles. The van der Waals surface area contributed by atoms with E-state index in [1.807, 2.05) is 0 Å². The monoisotopic (exact) mass is 253 g/mol. The predicted octanol–water partition coefficient (Wildman–Crippen LogP) is 0.314. The number of nitrogen functional groups attached to an aromatic ring is 1. The molecule has 0 aromatic carbocycles. The Labute approximate surface area is 106 Å². The highest BCUT2D eigenvalue weighted by atomic mass is 16.5. The van der Waals surface area contributed by atoms with E-state index in [1.54, 1.807) is 12.1 Å². The number of morpholine rings is 1. The zero-order chi connectivity index (χ0) is 12.8. The lowest BCUT2D eigenvalue weighted by Gasteiger charge is -2.26. The molecule has 3 N–H and O–H groups in total. The number of nitrogens with two attached hydrogens (primary N) is 1. The second-order valence-electron chi connectivity index (χ2n) is 4.27. The van der Waals surface area contributed by atoms with Crippen LogP contribution in [0.1, 0.15) is 17.0 Å². The van der Waals surface area contributed by atoms with E-state index < -0.39 is 0 Å². The molecule has 100 valence electrons. The molecule has 2 rings (SSSR count). The largest absolute Gasteiger partial charge is 0.436 e. The van der Waals surface area contributed by atoms with Gasteiger partial charge in [0.2, 0.25) is 0 Å². The number of nitrogens with zero attached hydrogens (tertiary/aromatic N) is 1. The van der Waals surface area contributed by atoms with Crippen molar-refractivity contribution >= 4 is 11.8 Å². The third kappa shape index (κ3) is 3.75. The van der Waals surface area contributed by atoms with Crippen LogP contribution in [-0.2, 0) is 4.74 Å². The Morgan fingerprint density at radius 2 is 2.17 bits per heavy atom. The molecule has 1 amide bonds. The Balaban J connectivity index is 1.61. The zero-order valence-electron chi connectivity index (χ0n) is 10.4. The molecule has 18 heavy (non-hydrogen) atoms. The van der Waals surface area contributed by atoms with Gasteiger partial charge < -0.3 is 20.2 Å². The Morgan fingerprint density at radius 1 is 1.39 bits per heavy atom. The molecule has 0 spiro atoms. The average molecular weight is 253 g/mol. The smallest absolute Gasteiger partial charge is 0.287 e. The van der Waals surface area contributed by atoms with Gasteiger partial charge in [-0.05, 0) is 19.0 Å². The van der Waals surface area contributed by atoms with Gasteiger partial charge >= 0.3 is 0 Å². The number of hydrogen-bond acceptors (Lipinski definition) is 5. The first kappa shape index (κ1) is 12.9.